The zero-order chi connectivity index (χ0) is 58.5. The fourth-order valence-electron chi connectivity index (χ4n) is 10.1. The minimum atomic E-state index is -0.784. The van der Waals surface area contributed by atoms with Crippen LogP contribution < -0.4 is 0 Å². The third-order valence-electron chi connectivity index (χ3n) is 15.4. The fourth-order valence-corrected chi connectivity index (χ4v) is 10.1. The van der Waals surface area contributed by atoms with Gasteiger partial charge in [0.25, 0.3) is 0 Å². The summed E-state index contributed by atoms with van der Waals surface area (Å²) >= 11 is 0. The molecule has 0 bridgehead atoms. The lowest BCUT2D eigenvalue weighted by Gasteiger charge is -2.18. The molecule has 0 radical (unpaired) electrons. The van der Waals surface area contributed by atoms with Crippen LogP contribution in [0.2, 0.25) is 0 Å². The molecule has 6 nitrogen and oxygen atoms in total. The molecular weight excluding hydrogens is 997 g/mol. The van der Waals surface area contributed by atoms with Crippen LogP contribution in [0, 0.1) is 0 Å². The highest BCUT2D eigenvalue weighted by Crippen LogP contribution is 2.17. The second-order valence-corrected chi connectivity index (χ2v) is 23.4. The predicted molar refractivity (Wildman–Crippen MR) is 353 cm³/mol. The molecule has 0 heterocycles. The summed E-state index contributed by atoms with van der Waals surface area (Å²) < 4.78 is 17.0. The first-order valence-electron chi connectivity index (χ1n) is 35.1. The van der Waals surface area contributed by atoms with E-state index in [-0.39, 0.29) is 31.1 Å². The molecule has 81 heavy (non-hydrogen) atoms. The molecule has 0 aliphatic carbocycles. The molecule has 0 saturated heterocycles. The number of esters is 3. The average Bonchev–Trinajstić information content (AvgIpc) is 3.47. The van der Waals surface area contributed by atoms with E-state index >= 15 is 0 Å². The molecule has 1 atom stereocenters. The van der Waals surface area contributed by atoms with E-state index < -0.39 is 6.10 Å². The number of carbonyl (C=O) groups is 3. The molecule has 0 rings (SSSR count). The lowest BCUT2D eigenvalue weighted by atomic mass is 10.0. The highest BCUT2D eigenvalue weighted by Gasteiger charge is 2.19. The van der Waals surface area contributed by atoms with Gasteiger partial charge < -0.3 is 14.2 Å². The number of carbonyl (C=O) groups excluding carboxylic acids is 3. The highest BCUT2D eigenvalue weighted by molar-refractivity contribution is 5.71. The first kappa shape index (κ1) is 77.6. The molecule has 1 unspecified atom stereocenters. The van der Waals surface area contributed by atoms with Crippen molar-refractivity contribution in [2.75, 3.05) is 13.2 Å². The van der Waals surface area contributed by atoms with E-state index in [0.717, 1.165) is 103 Å². The zero-order valence-corrected chi connectivity index (χ0v) is 53.8. The number of unbranched alkanes of at least 4 members (excludes halogenated alkanes) is 39. The van der Waals surface area contributed by atoms with E-state index in [1.165, 1.54) is 212 Å². The number of ether oxygens (including phenoxy) is 3. The summed E-state index contributed by atoms with van der Waals surface area (Å²) in [6, 6.07) is 0. The Labute approximate surface area is 503 Å². The van der Waals surface area contributed by atoms with Crippen molar-refractivity contribution in [1.82, 2.24) is 0 Å². The largest absolute Gasteiger partial charge is 0.462 e. The van der Waals surface area contributed by atoms with Crippen molar-refractivity contribution in [3.05, 3.63) is 85.1 Å². The molecule has 0 aromatic heterocycles. The smallest absolute Gasteiger partial charge is 0.306 e. The quantitative estimate of drug-likeness (QED) is 0.0261. The van der Waals surface area contributed by atoms with Crippen molar-refractivity contribution in [3.63, 3.8) is 0 Å². The lowest BCUT2D eigenvalue weighted by Crippen LogP contribution is -2.30. The predicted octanol–water partition coefficient (Wildman–Crippen LogP) is 24.2. The van der Waals surface area contributed by atoms with E-state index in [2.05, 4.69) is 106 Å². The molecule has 0 aromatic carbocycles. The molecule has 0 aliphatic rings. The van der Waals surface area contributed by atoms with Gasteiger partial charge in [0.1, 0.15) is 13.2 Å². The molecule has 6 heteroatoms. The van der Waals surface area contributed by atoms with Crippen molar-refractivity contribution in [2.24, 2.45) is 0 Å². The number of hydrogen-bond donors (Lipinski definition) is 0. The number of rotatable bonds is 64. The SMILES string of the molecule is CC/C=C\C/C=C\C/C=C\C/C=C\CCCCCCCCCCCCCCCCCCCCC(=O)OCC(COC(=O)CCCCCCC/C=C\C/C=C\CCCCC)OC(=O)CCCCCCCCC/C=C\CCCCCCCC. The Balaban J connectivity index is 4.22. The van der Waals surface area contributed by atoms with Crippen molar-refractivity contribution in [1.29, 1.82) is 0 Å². The summed E-state index contributed by atoms with van der Waals surface area (Å²) in [6.45, 7) is 6.53. The minimum absolute atomic E-state index is 0.0790. The van der Waals surface area contributed by atoms with Gasteiger partial charge in [-0.3, -0.25) is 14.4 Å². The van der Waals surface area contributed by atoms with Crippen molar-refractivity contribution in [2.45, 2.75) is 361 Å². The van der Waals surface area contributed by atoms with E-state index in [4.69, 9.17) is 14.2 Å². The van der Waals surface area contributed by atoms with Crippen LogP contribution in [0.4, 0.5) is 0 Å². The summed E-state index contributed by atoms with van der Waals surface area (Å²) in [7, 11) is 0. The van der Waals surface area contributed by atoms with Gasteiger partial charge in [-0.25, -0.2) is 0 Å². The van der Waals surface area contributed by atoms with Gasteiger partial charge in [-0.05, 0) is 116 Å². The topological polar surface area (TPSA) is 78.9 Å². The summed E-state index contributed by atoms with van der Waals surface area (Å²) in [5, 5.41) is 0. The summed E-state index contributed by atoms with van der Waals surface area (Å²) in [6.07, 6.45) is 91.8. The minimum Gasteiger partial charge on any atom is -0.462 e. The van der Waals surface area contributed by atoms with E-state index in [9.17, 15) is 14.4 Å². The van der Waals surface area contributed by atoms with Crippen LogP contribution in [-0.2, 0) is 28.6 Å². The highest BCUT2D eigenvalue weighted by atomic mass is 16.6. The monoisotopic (exact) mass is 1130 g/mol. The Morgan fingerprint density at radius 2 is 0.481 bits per heavy atom. The Hall–Kier alpha value is -3.41. The summed E-state index contributed by atoms with van der Waals surface area (Å²) in [5.74, 6) is -0.879. The van der Waals surface area contributed by atoms with E-state index in [1.54, 1.807) is 0 Å². The van der Waals surface area contributed by atoms with Crippen molar-refractivity contribution < 1.29 is 28.6 Å². The molecule has 0 fully saturated rings. The maximum atomic E-state index is 12.9. The summed E-state index contributed by atoms with van der Waals surface area (Å²) in [5.41, 5.74) is 0. The molecule has 0 saturated carbocycles. The molecule has 0 aliphatic heterocycles. The number of hydrogen-bond acceptors (Lipinski definition) is 6. The second kappa shape index (κ2) is 69.1. The van der Waals surface area contributed by atoms with E-state index in [1.807, 2.05) is 0 Å². The maximum Gasteiger partial charge on any atom is 0.306 e. The van der Waals surface area contributed by atoms with Gasteiger partial charge in [-0.1, -0.05) is 305 Å². The molecule has 468 valence electrons. The Bertz CT molecular complexity index is 1530. The van der Waals surface area contributed by atoms with E-state index in [0.29, 0.717) is 19.3 Å². The van der Waals surface area contributed by atoms with Crippen LogP contribution in [0.5, 0.6) is 0 Å². The third kappa shape index (κ3) is 67.3. The van der Waals surface area contributed by atoms with Gasteiger partial charge in [0.2, 0.25) is 0 Å². The normalized spacial score (nSPS) is 12.6. The van der Waals surface area contributed by atoms with Crippen LogP contribution in [0.25, 0.3) is 0 Å². The van der Waals surface area contributed by atoms with Crippen LogP contribution in [-0.4, -0.2) is 37.2 Å². The van der Waals surface area contributed by atoms with Gasteiger partial charge in [0, 0.05) is 19.3 Å². The Kier molecular flexibility index (Phi) is 66.2. The van der Waals surface area contributed by atoms with Gasteiger partial charge >= 0.3 is 17.9 Å². The Morgan fingerprint density at radius 3 is 0.790 bits per heavy atom. The first-order chi connectivity index (χ1) is 40.0. The first-order valence-corrected chi connectivity index (χ1v) is 35.1. The lowest BCUT2D eigenvalue weighted by molar-refractivity contribution is -0.167. The molecule has 0 amide bonds. The van der Waals surface area contributed by atoms with Crippen molar-refractivity contribution in [3.8, 4) is 0 Å². The third-order valence-corrected chi connectivity index (χ3v) is 15.4. The van der Waals surface area contributed by atoms with Crippen LogP contribution in [0.15, 0.2) is 85.1 Å². The van der Waals surface area contributed by atoms with Gasteiger partial charge in [-0.15, -0.1) is 0 Å². The summed E-state index contributed by atoms with van der Waals surface area (Å²) in [4.78, 5) is 38.4. The second-order valence-electron chi connectivity index (χ2n) is 23.4. The standard InChI is InChI=1S/C75H132O6/c1-4-7-10-13-16-19-22-25-28-30-31-32-33-34-35-36-37-38-39-40-41-42-43-45-47-50-53-56-59-62-65-68-74(77)80-71-72(70-79-73(76)67-64-61-58-55-52-49-46-27-24-21-18-15-12-9-6-3)81-75(78)69-66-63-60-57-54-51-48-44-29-26-23-20-17-14-11-8-5-2/h7,10,16,18-19,21,25-29,31-32,46,72H,4-6,8-9,11-15,17,20,22-24,30,33-45,47-71H2,1-3H3/b10-7-,19-16-,21-18-,28-25-,29-26-,32-31-,46-27-. The maximum absolute atomic E-state index is 12.9. The zero-order valence-electron chi connectivity index (χ0n) is 53.8. The van der Waals surface area contributed by atoms with Crippen molar-refractivity contribution >= 4 is 17.9 Å². The van der Waals surface area contributed by atoms with Crippen LogP contribution >= 0.6 is 0 Å². The molecule has 0 N–H and O–H groups in total. The molecular formula is C75H132O6. The van der Waals surface area contributed by atoms with Gasteiger partial charge in [-0.2, -0.15) is 0 Å². The van der Waals surface area contributed by atoms with Gasteiger partial charge in [0.05, 0.1) is 0 Å². The van der Waals surface area contributed by atoms with Gasteiger partial charge in [0.15, 0.2) is 6.10 Å². The number of allylic oxidation sites excluding steroid dienone is 14. The molecule has 0 spiro atoms. The van der Waals surface area contributed by atoms with Crippen LogP contribution in [0.1, 0.15) is 355 Å². The average molecular weight is 1130 g/mol. The Morgan fingerprint density at radius 1 is 0.259 bits per heavy atom. The van der Waals surface area contributed by atoms with Crippen LogP contribution in [0.3, 0.4) is 0 Å². The fraction of sp³-hybridized carbons (Fsp3) is 0.773. The molecule has 0 aromatic rings.